The fourth-order valence-electron chi connectivity index (χ4n) is 2.05. The van der Waals surface area contributed by atoms with Crippen LogP contribution in [-0.2, 0) is 4.74 Å². The lowest BCUT2D eigenvalue weighted by Crippen LogP contribution is -2.32. The highest BCUT2D eigenvalue weighted by Crippen LogP contribution is 2.22. The topological polar surface area (TPSA) is 129 Å². The molecule has 3 rings (SSSR count). The Morgan fingerprint density at radius 2 is 1.96 bits per heavy atom. The highest BCUT2D eigenvalue weighted by Gasteiger charge is 2.25. The zero-order valence-electron chi connectivity index (χ0n) is 11.9. The van der Waals surface area contributed by atoms with Crippen molar-refractivity contribution in [2.45, 2.75) is 6.10 Å². The molecule has 9 heteroatoms. The van der Waals surface area contributed by atoms with Crippen molar-refractivity contribution in [3.63, 3.8) is 0 Å². The van der Waals surface area contributed by atoms with E-state index in [9.17, 15) is 4.79 Å². The lowest BCUT2D eigenvalue weighted by atomic mass is 10.1. The Morgan fingerprint density at radius 3 is 2.70 bits per heavy atom. The highest BCUT2D eigenvalue weighted by atomic mass is 35.5. The molecule has 0 spiro atoms. The van der Waals surface area contributed by atoms with Gasteiger partial charge in [0.25, 0.3) is 11.9 Å². The molecule has 0 bridgehead atoms. The number of nitrogens with two attached hydrogens (primary N) is 2. The number of anilines is 2. The number of benzene rings is 1. The molecule has 8 nitrogen and oxygen atoms in total. The molecule has 1 aromatic heterocycles. The Hall–Kier alpha value is -2.87. The summed E-state index contributed by atoms with van der Waals surface area (Å²) in [6.45, 7) is 0.406. The standard InChI is InChI=1S/C14H13ClN6O2/c15-10-12(17)20-11(16)9(19-10)13(22)21-14-18-6-8(23-14)7-4-2-1-3-5-7/h1-5,8H,6H2,(H4,16,17,20)(H,18,21,22). The van der Waals surface area contributed by atoms with Crippen LogP contribution in [0.5, 0.6) is 0 Å². The molecule has 118 valence electrons. The number of rotatable bonds is 2. The molecule has 1 atom stereocenters. The SMILES string of the molecule is Nc1nc(N)c(C(=O)NC2=NCC(c3ccccc3)O2)nc1Cl. The number of aliphatic imine (C=N–C) groups is 1. The molecule has 1 aliphatic heterocycles. The molecule has 2 heterocycles. The summed E-state index contributed by atoms with van der Waals surface area (Å²) in [5.74, 6) is -0.786. The quantitative estimate of drug-likeness (QED) is 0.756. The second-order valence-corrected chi connectivity index (χ2v) is 5.11. The first-order valence-electron chi connectivity index (χ1n) is 6.70. The van der Waals surface area contributed by atoms with Gasteiger partial charge in [-0.3, -0.25) is 10.1 Å². The molecule has 0 aliphatic carbocycles. The summed E-state index contributed by atoms with van der Waals surface area (Å²) in [5, 5.41) is 2.39. The first kappa shape index (κ1) is 15.0. The molecule has 2 aromatic rings. The summed E-state index contributed by atoms with van der Waals surface area (Å²) in [5.41, 5.74) is 11.9. The zero-order chi connectivity index (χ0) is 16.4. The van der Waals surface area contributed by atoms with Gasteiger partial charge in [0.2, 0.25) is 0 Å². The number of halogens is 1. The van der Waals surface area contributed by atoms with E-state index in [-0.39, 0.29) is 34.6 Å². The summed E-state index contributed by atoms with van der Waals surface area (Å²) in [6, 6.07) is 9.67. The van der Waals surface area contributed by atoms with Gasteiger partial charge in [-0.15, -0.1) is 0 Å². The first-order valence-corrected chi connectivity index (χ1v) is 7.08. The minimum atomic E-state index is -0.621. The largest absolute Gasteiger partial charge is 0.455 e. The molecule has 1 aromatic carbocycles. The Kier molecular flexibility index (Phi) is 3.98. The zero-order valence-corrected chi connectivity index (χ0v) is 12.6. The van der Waals surface area contributed by atoms with Crippen molar-refractivity contribution in [1.29, 1.82) is 0 Å². The van der Waals surface area contributed by atoms with E-state index in [0.717, 1.165) is 5.56 Å². The number of amides is 1. The Bertz CT molecular complexity index is 780. The van der Waals surface area contributed by atoms with Gasteiger partial charge in [-0.2, -0.15) is 0 Å². The van der Waals surface area contributed by atoms with Crippen molar-refractivity contribution in [2.24, 2.45) is 4.99 Å². The lowest BCUT2D eigenvalue weighted by Gasteiger charge is -2.12. The van der Waals surface area contributed by atoms with Gasteiger partial charge in [0, 0.05) is 0 Å². The van der Waals surface area contributed by atoms with Crippen LogP contribution in [0.15, 0.2) is 35.3 Å². The molecular weight excluding hydrogens is 320 g/mol. The van der Waals surface area contributed by atoms with Crippen molar-refractivity contribution in [2.75, 3.05) is 18.0 Å². The molecule has 0 radical (unpaired) electrons. The minimum Gasteiger partial charge on any atom is -0.455 e. The maximum atomic E-state index is 12.2. The molecule has 5 N–H and O–H groups in total. The monoisotopic (exact) mass is 332 g/mol. The number of aromatic nitrogens is 2. The Labute approximate surface area is 136 Å². The van der Waals surface area contributed by atoms with Gasteiger partial charge in [-0.05, 0) is 5.56 Å². The summed E-state index contributed by atoms with van der Waals surface area (Å²) in [6.07, 6.45) is -0.245. The van der Waals surface area contributed by atoms with Crippen LogP contribution in [0.2, 0.25) is 5.15 Å². The number of carbonyl (C=O) groups is 1. The number of amidine groups is 1. The number of nitrogens with zero attached hydrogens (tertiary/aromatic N) is 3. The van der Waals surface area contributed by atoms with E-state index in [0.29, 0.717) is 6.54 Å². The van der Waals surface area contributed by atoms with Gasteiger partial charge in [0.15, 0.2) is 22.5 Å². The van der Waals surface area contributed by atoms with Gasteiger partial charge < -0.3 is 16.2 Å². The third-order valence-corrected chi connectivity index (χ3v) is 3.44. The van der Waals surface area contributed by atoms with Crippen LogP contribution < -0.4 is 16.8 Å². The average molecular weight is 333 g/mol. The van der Waals surface area contributed by atoms with Crippen LogP contribution in [0, 0.1) is 0 Å². The normalized spacial score (nSPS) is 16.6. The third kappa shape index (κ3) is 3.16. The predicted octanol–water partition coefficient (Wildman–Crippen LogP) is 1.15. The molecule has 1 unspecified atom stereocenters. The van der Waals surface area contributed by atoms with E-state index < -0.39 is 5.91 Å². The van der Waals surface area contributed by atoms with Crippen LogP contribution in [0.3, 0.4) is 0 Å². The van der Waals surface area contributed by atoms with Crippen molar-refractivity contribution < 1.29 is 9.53 Å². The molecular formula is C14H13ClN6O2. The number of carbonyl (C=O) groups excluding carboxylic acids is 1. The smallest absolute Gasteiger partial charge is 0.292 e. The maximum absolute atomic E-state index is 12.2. The molecule has 1 aliphatic rings. The molecule has 0 fully saturated rings. The van der Waals surface area contributed by atoms with E-state index in [1.807, 2.05) is 30.3 Å². The molecule has 23 heavy (non-hydrogen) atoms. The van der Waals surface area contributed by atoms with Gasteiger partial charge in [-0.25, -0.2) is 15.0 Å². The van der Waals surface area contributed by atoms with E-state index in [2.05, 4.69) is 20.3 Å². The number of hydrogen-bond donors (Lipinski definition) is 3. The Morgan fingerprint density at radius 1 is 1.22 bits per heavy atom. The van der Waals surface area contributed by atoms with Crippen molar-refractivity contribution in [3.05, 3.63) is 46.7 Å². The number of nitrogens with one attached hydrogen (secondary N) is 1. The summed E-state index contributed by atoms with van der Waals surface area (Å²) >= 11 is 5.75. The van der Waals surface area contributed by atoms with Crippen LogP contribution >= 0.6 is 11.6 Å². The average Bonchev–Trinajstić information content (AvgIpc) is 3.00. The number of nitrogen functional groups attached to an aromatic ring is 2. The van der Waals surface area contributed by atoms with Gasteiger partial charge in [0.05, 0.1) is 6.54 Å². The summed E-state index contributed by atoms with van der Waals surface area (Å²) < 4.78 is 5.60. The van der Waals surface area contributed by atoms with Gasteiger partial charge in [0.1, 0.15) is 6.10 Å². The maximum Gasteiger partial charge on any atom is 0.292 e. The Balaban J connectivity index is 1.69. The minimum absolute atomic E-state index is 0.0423. The molecule has 1 amide bonds. The third-order valence-electron chi connectivity index (χ3n) is 3.17. The lowest BCUT2D eigenvalue weighted by molar-refractivity contribution is 0.0958. The van der Waals surface area contributed by atoms with E-state index in [1.54, 1.807) is 0 Å². The first-order chi connectivity index (χ1) is 11.0. The summed E-state index contributed by atoms with van der Waals surface area (Å²) in [7, 11) is 0. The molecule has 0 saturated heterocycles. The second-order valence-electron chi connectivity index (χ2n) is 4.75. The van der Waals surface area contributed by atoms with Crippen LogP contribution in [0.25, 0.3) is 0 Å². The molecule has 0 saturated carbocycles. The predicted molar refractivity (Wildman–Crippen MR) is 85.9 cm³/mol. The number of ether oxygens (including phenoxy) is 1. The highest BCUT2D eigenvalue weighted by molar-refractivity contribution is 6.31. The van der Waals surface area contributed by atoms with Crippen LogP contribution in [0.1, 0.15) is 22.2 Å². The van der Waals surface area contributed by atoms with Crippen LogP contribution in [-0.4, -0.2) is 28.4 Å². The number of hydrogen-bond acceptors (Lipinski definition) is 7. The fraction of sp³-hybridized carbons (Fsp3) is 0.143. The van der Waals surface area contributed by atoms with Crippen molar-refractivity contribution in [1.82, 2.24) is 15.3 Å². The van der Waals surface area contributed by atoms with E-state index >= 15 is 0 Å². The fourth-order valence-corrected chi connectivity index (χ4v) is 2.18. The summed E-state index contributed by atoms with van der Waals surface area (Å²) in [4.78, 5) is 23.9. The van der Waals surface area contributed by atoms with Gasteiger partial charge in [-0.1, -0.05) is 41.9 Å². The second kappa shape index (κ2) is 6.09. The van der Waals surface area contributed by atoms with Gasteiger partial charge >= 0.3 is 0 Å². The van der Waals surface area contributed by atoms with E-state index in [1.165, 1.54) is 0 Å². The van der Waals surface area contributed by atoms with E-state index in [4.69, 9.17) is 27.8 Å². The van der Waals surface area contributed by atoms with Crippen molar-refractivity contribution in [3.8, 4) is 0 Å². The van der Waals surface area contributed by atoms with Crippen molar-refractivity contribution >= 4 is 35.2 Å². The van der Waals surface area contributed by atoms with Crippen LogP contribution in [0.4, 0.5) is 11.6 Å².